The predicted octanol–water partition coefficient (Wildman–Crippen LogP) is 2.41. The first-order chi connectivity index (χ1) is 8.66. The van der Waals surface area contributed by atoms with Crippen LogP contribution in [0.15, 0.2) is 29.8 Å². The molecule has 2 N–H and O–H groups in total. The van der Waals surface area contributed by atoms with Gasteiger partial charge in [0.05, 0.1) is 11.7 Å². The summed E-state index contributed by atoms with van der Waals surface area (Å²) in [6.45, 7) is 0. The number of thiazole rings is 1. The van der Waals surface area contributed by atoms with E-state index >= 15 is 0 Å². The number of aliphatic hydroxyl groups is 1. The summed E-state index contributed by atoms with van der Waals surface area (Å²) in [5, 5.41) is 21.8. The fourth-order valence-electron chi connectivity index (χ4n) is 2.43. The SMILES string of the molecule is O=C(O)c1ccc2c(c1)C(c1nccs1)CC2O. The molecule has 2 unspecified atom stereocenters. The third-order valence-electron chi connectivity index (χ3n) is 3.28. The summed E-state index contributed by atoms with van der Waals surface area (Å²) in [7, 11) is 0. The van der Waals surface area contributed by atoms with E-state index in [-0.39, 0.29) is 11.5 Å². The van der Waals surface area contributed by atoms with Crippen LogP contribution in [0.25, 0.3) is 0 Å². The molecule has 92 valence electrons. The largest absolute Gasteiger partial charge is 0.478 e. The second kappa shape index (κ2) is 4.19. The molecule has 0 spiro atoms. The standard InChI is InChI=1S/C13H11NO3S/c15-11-6-10(12-14-3-4-18-12)9-5-7(13(16)17)1-2-8(9)11/h1-5,10-11,15H,6H2,(H,16,17). The maximum absolute atomic E-state index is 11.0. The second-order valence-corrected chi connectivity index (χ2v) is 5.25. The van der Waals surface area contributed by atoms with Crippen LogP contribution in [0.4, 0.5) is 0 Å². The highest BCUT2D eigenvalue weighted by atomic mass is 32.1. The molecule has 1 heterocycles. The van der Waals surface area contributed by atoms with E-state index in [0.29, 0.717) is 6.42 Å². The van der Waals surface area contributed by atoms with Crippen molar-refractivity contribution >= 4 is 17.3 Å². The van der Waals surface area contributed by atoms with Crippen LogP contribution >= 0.6 is 11.3 Å². The zero-order valence-corrected chi connectivity index (χ0v) is 10.2. The third kappa shape index (κ3) is 1.72. The smallest absolute Gasteiger partial charge is 0.335 e. The number of carboxylic acids is 1. The summed E-state index contributed by atoms with van der Waals surface area (Å²) < 4.78 is 0. The summed E-state index contributed by atoms with van der Waals surface area (Å²) >= 11 is 1.53. The molecule has 5 heteroatoms. The van der Waals surface area contributed by atoms with Gasteiger partial charge in [-0.15, -0.1) is 11.3 Å². The van der Waals surface area contributed by atoms with Gasteiger partial charge >= 0.3 is 5.97 Å². The molecule has 0 amide bonds. The monoisotopic (exact) mass is 261 g/mol. The van der Waals surface area contributed by atoms with E-state index in [1.54, 1.807) is 18.3 Å². The minimum Gasteiger partial charge on any atom is -0.478 e. The lowest BCUT2D eigenvalue weighted by Crippen LogP contribution is -2.00. The van der Waals surface area contributed by atoms with Gasteiger partial charge < -0.3 is 10.2 Å². The zero-order chi connectivity index (χ0) is 12.7. The Morgan fingerprint density at radius 2 is 2.22 bits per heavy atom. The highest BCUT2D eigenvalue weighted by Crippen LogP contribution is 2.44. The van der Waals surface area contributed by atoms with Gasteiger partial charge in [0.1, 0.15) is 5.01 Å². The van der Waals surface area contributed by atoms with Crippen LogP contribution in [0.5, 0.6) is 0 Å². The first-order valence-electron chi connectivity index (χ1n) is 5.61. The van der Waals surface area contributed by atoms with Gasteiger partial charge in [-0.2, -0.15) is 0 Å². The molecule has 0 saturated heterocycles. The Morgan fingerprint density at radius 3 is 2.89 bits per heavy atom. The van der Waals surface area contributed by atoms with Gasteiger partial charge in [0.25, 0.3) is 0 Å². The van der Waals surface area contributed by atoms with E-state index in [1.807, 2.05) is 5.38 Å². The molecular formula is C13H11NO3S. The minimum atomic E-state index is -0.947. The van der Waals surface area contributed by atoms with Crippen molar-refractivity contribution < 1.29 is 15.0 Å². The number of aromatic carboxylic acids is 1. The normalized spacial score (nSPS) is 21.8. The zero-order valence-electron chi connectivity index (χ0n) is 9.41. The Morgan fingerprint density at radius 1 is 1.39 bits per heavy atom. The first-order valence-corrected chi connectivity index (χ1v) is 6.49. The van der Waals surface area contributed by atoms with Crippen LogP contribution < -0.4 is 0 Å². The predicted molar refractivity (Wildman–Crippen MR) is 66.9 cm³/mol. The van der Waals surface area contributed by atoms with Crippen LogP contribution in [0, 0.1) is 0 Å². The molecule has 4 nitrogen and oxygen atoms in total. The van der Waals surface area contributed by atoms with Crippen LogP contribution in [-0.2, 0) is 0 Å². The molecule has 1 aromatic carbocycles. The highest BCUT2D eigenvalue weighted by molar-refractivity contribution is 7.09. The van der Waals surface area contributed by atoms with E-state index in [4.69, 9.17) is 5.11 Å². The van der Waals surface area contributed by atoms with E-state index in [0.717, 1.165) is 16.1 Å². The molecule has 3 rings (SSSR count). The van der Waals surface area contributed by atoms with Gasteiger partial charge in [-0.3, -0.25) is 0 Å². The van der Waals surface area contributed by atoms with Gasteiger partial charge in [0.15, 0.2) is 0 Å². The molecule has 0 saturated carbocycles. The number of hydrogen-bond acceptors (Lipinski definition) is 4. The van der Waals surface area contributed by atoms with Gasteiger partial charge in [-0.05, 0) is 29.7 Å². The molecule has 1 aliphatic rings. The maximum atomic E-state index is 11.0. The molecule has 2 aromatic rings. The van der Waals surface area contributed by atoms with Gasteiger partial charge in [-0.1, -0.05) is 6.07 Å². The molecule has 0 fully saturated rings. The molecule has 18 heavy (non-hydrogen) atoms. The number of benzene rings is 1. The average Bonchev–Trinajstić information content (AvgIpc) is 2.97. The number of nitrogens with zero attached hydrogens (tertiary/aromatic N) is 1. The van der Waals surface area contributed by atoms with E-state index in [2.05, 4.69) is 4.98 Å². The molecule has 0 aliphatic heterocycles. The number of fused-ring (bicyclic) bond motifs is 1. The minimum absolute atomic E-state index is 0.00861. The molecular weight excluding hydrogens is 250 g/mol. The van der Waals surface area contributed by atoms with Crippen LogP contribution in [0.1, 0.15) is 44.9 Å². The number of aromatic nitrogens is 1. The first kappa shape index (κ1) is 11.4. The van der Waals surface area contributed by atoms with Gasteiger partial charge in [-0.25, -0.2) is 9.78 Å². The van der Waals surface area contributed by atoms with Crippen molar-refractivity contribution in [2.45, 2.75) is 18.4 Å². The molecule has 0 bridgehead atoms. The summed E-state index contributed by atoms with van der Waals surface area (Å²) in [6, 6.07) is 4.89. The quantitative estimate of drug-likeness (QED) is 0.871. The fraction of sp³-hybridized carbons (Fsp3) is 0.231. The van der Waals surface area contributed by atoms with Crippen LogP contribution in [0.2, 0.25) is 0 Å². The topological polar surface area (TPSA) is 70.4 Å². The van der Waals surface area contributed by atoms with Crippen molar-refractivity contribution in [2.24, 2.45) is 0 Å². The van der Waals surface area contributed by atoms with Crippen LogP contribution in [0.3, 0.4) is 0 Å². The number of carbonyl (C=O) groups is 1. The lowest BCUT2D eigenvalue weighted by Gasteiger charge is -2.08. The fourth-order valence-corrected chi connectivity index (χ4v) is 3.20. The average molecular weight is 261 g/mol. The summed E-state index contributed by atoms with van der Waals surface area (Å²) in [5.74, 6) is -0.939. The van der Waals surface area contributed by atoms with E-state index < -0.39 is 12.1 Å². The molecule has 2 atom stereocenters. The van der Waals surface area contributed by atoms with Crippen molar-refractivity contribution in [1.82, 2.24) is 4.98 Å². The Hall–Kier alpha value is -1.72. The second-order valence-electron chi connectivity index (χ2n) is 4.32. The lowest BCUT2D eigenvalue weighted by molar-refractivity contribution is 0.0696. The molecule has 1 aliphatic carbocycles. The highest BCUT2D eigenvalue weighted by Gasteiger charge is 2.32. The summed E-state index contributed by atoms with van der Waals surface area (Å²) in [4.78, 5) is 15.3. The lowest BCUT2D eigenvalue weighted by atomic mass is 9.99. The molecule has 0 radical (unpaired) electrons. The van der Waals surface area contributed by atoms with Crippen molar-refractivity contribution in [1.29, 1.82) is 0 Å². The van der Waals surface area contributed by atoms with E-state index in [1.165, 1.54) is 17.4 Å². The summed E-state index contributed by atoms with van der Waals surface area (Å²) in [5.41, 5.74) is 1.96. The Balaban J connectivity index is 2.10. The van der Waals surface area contributed by atoms with Crippen molar-refractivity contribution in [3.05, 3.63) is 51.5 Å². The van der Waals surface area contributed by atoms with Gasteiger partial charge in [0.2, 0.25) is 0 Å². The Kier molecular flexibility index (Phi) is 2.65. The summed E-state index contributed by atoms with van der Waals surface area (Å²) in [6.07, 6.45) is 1.77. The van der Waals surface area contributed by atoms with Crippen molar-refractivity contribution in [3.63, 3.8) is 0 Å². The van der Waals surface area contributed by atoms with Crippen LogP contribution in [-0.4, -0.2) is 21.2 Å². The Bertz CT molecular complexity index is 594. The Labute approximate surface area is 108 Å². The number of carboxylic acid groups (broad SMARTS) is 1. The van der Waals surface area contributed by atoms with E-state index in [9.17, 15) is 9.90 Å². The van der Waals surface area contributed by atoms with Crippen molar-refractivity contribution in [2.75, 3.05) is 0 Å². The number of rotatable bonds is 2. The number of aliphatic hydroxyl groups excluding tert-OH is 1. The number of hydrogen-bond donors (Lipinski definition) is 2. The van der Waals surface area contributed by atoms with Gasteiger partial charge in [0, 0.05) is 17.5 Å². The maximum Gasteiger partial charge on any atom is 0.335 e. The molecule has 1 aromatic heterocycles. The van der Waals surface area contributed by atoms with Crippen molar-refractivity contribution in [3.8, 4) is 0 Å². The third-order valence-corrected chi connectivity index (χ3v) is 4.17.